The average Bonchev–Trinajstić information content (AvgIpc) is 2.36. The molecule has 0 aliphatic rings. The van der Waals surface area contributed by atoms with Crippen molar-refractivity contribution in [2.45, 2.75) is 39.7 Å². The van der Waals surface area contributed by atoms with Gasteiger partial charge in [0.1, 0.15) is 5.82 Å². The molecule has 0 bridgehead atoms. The Kier molecular flexibility index (Phi) is 5.54. The first kappa shape index (κ1) is 17.2. The zero-order valence-electron chi connectivity index (χ0n) is 12.8. The summed E-state index contributed by atoms with van der Waals surface area (Å²) < 4.78 is 13.7. The molecule has 0 amide bonds. The molecular weight excluding hydrogens is 275 g/mol. The van der Waals surface area contributed by atoms with Crippen molar-refractivity contribution in [1.82, 2.24) is 5.32 Å². The van der Waals surface area contributed by atoms with E-state index in [0.717, 1.165) is 24.7 Å². The van der Waals surface area contributed by atoms with E-state index in [0.29, 0.717) is 5.92 Å². The predicted octanol–water partition coefficient (Wildman–Crippen LogP) is 3.33. The molecule has 116 valence electrons. The number of carbonyl (C=O) groups excluding carboxylic acids is 1. The molecule has 0 spiro atoms. The Morgan fingerprint density at radius 3 is 2.57 bits per heavy atom. The number of hydrogen-bond acceptors (Lipinski definition) is 4. The van der Waals surface area contributed by atoms with Crippen LogP contribution in [-0.2, 0) is 0 Å². The maximum absolute atomic E-state index is 13.7. The molecule has 0 unspecified atom stereocenters. The van der Waals surface area contributed by atoms with Crippen molar-refractivity contribution in [2.75, 3.05) is 6.54 Å². The number of rotatable bonds is 7. The molecule has 0 heterocycles. The van der Waals surface area contributed by atoms with E-state index >= 15 is 0 Å². The van der Waals surface area contributed by atoms with Gasteiger partial charge < -0.3 is 5.32 Å². The number of nitrogens with zero attached hydrogens (tertiary/aromatic N) is 1. The molecule has 21 heavy (non-hydrogen) atoms. The van der Waals surface area contributed by atoms with Gasteiger partial charge in [-0.3, -0.25) is 14.9 Å². The minimum Gasteiger partial charge on any atom is -0.311 e. The molecule has 0 radical (unpaired) electrons. The van der Waals surface area contributed by atoms with Gasteiger partial charge in [0.15, 0.2) is 5.78 Å². The molecular formula is C15H21FN2O3. The lowest BCUT2D eigenvalue weighted by Crippen LogP contribution is -2.43. The lowest BCUT2D eigenvalue weighted by Gasteiger charge is -2.26. The van der Waals surface area contributed by atoms with E-state index < -0.39 is 22.1 Å². The van der Waals surface area contributed by atoms with Crippen LogP contribution in [0.4, 0.5) is 10.1 Å². The summed E-state index contributed by atoms with van der Waals surface area (Å²) in [5.41, 5.74) is -1.02. The molecule has 5 nitrogen and oxygen atoms in total. The van der Waals surface area contributed by atoms with E-state index in [4.69, 9.17) is 0 Å². The van der Waals surface area contributed by atoms with Crippen LogP contribution in [0.2, 0.25) is 0 Å². The molecule has 0 aliphatic carbocycles. The van der Waals surface area contributed by atoms with Crippen LogP contribution in [0.3, 0.4) is 0 Å². The zero-order valence-corrected chi connectivity index (χ0v) is 12.8. The van der Waals surface area contributed by atoms with E-state index in [1.54, 1.807) is 0 Å². The van der Waals surface area contributed by atoms with Crippen LogP contribution in [0, 0.1) is 21.8 Å². The second-order valence-corrected chi connectivity index (χ2v) is 6.18. The summed E-state index contributed by atoms with van der Waals surface area (Å²) in [6, 6.07) is 3.00. The van der Waals surface area contributed by atoms with Crippen molar-refractivity contribution in [3.8, 4) is 0 Å². The Hall–Kier alpha value is -1.82. The van der Waals surface area contributed by atoms with Crippen molar-refractivity contribution in [3.05, 3.63) is 39.7 Å². The fourth-order valence-corrected chi connectivity index (χ4v) is 1.88. The van der Waals surface area contributed by atoms with Crippen LogP contribution >= 0.6 is 0 Å². The Morgan fingerprint density at radius 2 is 2.05 bits per heavy atom. The molecule has 1 rings (SSSR count). The molecule has 0 fully saturated rings. The number of benzene rings is 1. The SMILES string of the molecule is CC(C)CNC(C)(C)CC(=O)c1cc([N+](=O)[O-])ccc1F. The number of non-ortho nitro benzene ring substituents is 1. The topological polar surface area (TPSA) is 72.2 Å². The molecule has 0 atom stereocenters. The van der Waals surface area contributed by atoms with Crippen molar-refractivity contribution >= 4 is 11.5 Å². The lowest BCUT2D eigenvalue weighted by atomic mass is 9.93. The molecule has 1 N–H and O–H groups in total. The fraction of sp³-hybridized carbons (Fsp3) is 0.533. The summed E-state index contributed by atoms with van der Waals surface area (Å²) in [7, 11) is 0. The third-order valence-corrected chi connectivity index (χ3v) is 3.05. The van der Waals surface area contributed by atoms with Crippen molar-refractivity contribution in [1.29, 1.82) is 0 Å². The van der Waals surface area contributed by atoms with Crippen molar-refractivity contribution < 1.29 is 14.1 Å². The van der Waals surface area contributed by atoms with E-state index in [-0.39, 0.29) is 17.7 Å². The van der Waals surface area contributed by atoms with Gasteiger partial charge >= 0.3 is 0 Å². The summed E-state index contributed by atoms with van der Waals surface area (Å²) in [5.74, 6) is -0.753. The van der Waals surface area contributed by atoms with E-state index in [2.05, 4.69) is 5.32 Å². The Bertz CT molecular complexity index is 542. The monoisotopic (exact) mass is 296 g/mol. The highest BCUT2D eigenvalue weighted by Gasteiger charge is 2.25. The molecule has 1 aromatic rings. The average molecular weight is 296 g/mol. The summed E-state index contributed by atoms with van der Waals surface area (Å²) in [5, 5.41) is 13.9. The van der Waals surface area contributed by atoms with Crippen LogP contribution < -0.4 is 5.32 Å². The van der Waals surface area contributed by atoms with Gasteiger partial charge in [-0.25, -0.2) is 4.39 Å². The largest absolute Gasteiger partial charge is 0.311 e. The third kappa shape index (κ3) is 5.23. The maximum atomic E-state index is 13.7. The Labute approximate surface area is 123 Å². The van der Waals surface area contributed by atoms with Gasteiger partial charge in [-0.1, -0.05) is 13.8 Å². The van der Waals surface area contributed by atoms with Gasteiger partial charge in [0.2, 0.25) is 0 Å². The third-order valence-electron chi connectivity index (χ3n) is 3.05. The minimum atomic E-state index is -0.731. The summed E-state index contributed by atoms with van der Waals surface area (Å²) in [4.78, 5) is 22.3. The van der Waals surface area contributed by atoms with E-state index in [1.807, 2.05) is 27.7 Å². The van der Waals surface area contributed by atoms with E-state index in [9.17, 15) is 19.3 Å². The first-order valence-electron chi connectivity index (χ1n) is 6.84. The van der Waals surface area contributed by atoms with Crippen LogP contribution in [0.5, 0.6) is 0 Å². The number of Topliss-reactive ketones (excluding diaryl/α,β-unsaturated/α-hetero) is 1. The van der Waals surface area contributed by atoms with Crippen molar-refractivity contribution in [3.63, 3.8) is 0 Å². The number of ketones is 1. The van der Waals surface area contributed by atoms with Crippen LogP contribution in [0.25, 0.3) is 0 Å². The minimum absolute atomic E-state index is 0.0673. The van der Waals surface area contributed by atoms with Crippen molar-refractivity contribution in [2.24, 2.45) is 5.92 Å². The van der Waals surface area contributed by atoms with Crippen LogP contribution in [0.1, 0.15) is 44.5 Å². The van der Waals surface area contributed by atoms with Gasteiger partial charge in [-0.2, -0.15) is 0 Å². The Morgan fingerprint density at radius 1 is 1.43 bits per heavy atom. The van der Waals surface area contributed by atoms with Crippen LogP contribution in [0.15, 0.2) is 18.2 Å². The standard InChI is InChI=1S/C15H21FN2O3/c1-10(2)9-17-15(3,4)8-14(19)12-7-11(18(20)21)5-6-13(12)16/h5-7,10,17H,8-9H2,1-4H3. The van der Waals surface area contributed by atoms with Gasteiger partial charge in [0.05, 0.1) is 10.5 Å². The highest BCUT2D eigenvalue weighted by molar-refractivity contribution is 5.97. The number of halogens is 1. The normalized spacial score (nSPS) is 11.7. The molecule has 0 aromatic heterocycles. The van der Waals surface area contributed by atoms with Crippen LogP contribution in [-0.4, -0.2) is 22.8 Å². The summed E-state index contributed by atoms with van der Waals surface area (Å²) in [6.45, 7) is 8.53. The number of nitro benzene ring substituents is 1. The van der Waals surface area contributed by atoms with E-state index in [1.165, 1.54) is 0 Å². The number of hydrogen-bond donors (Lipinski definition) is 1. The van der Waals surface area contributed by atoms with Gasteiger partial charge in [0.25, 0.3) is 5.69 Å². The molecule has 0 aliphatic heterocycles. The summed E-state index contributed by atoms with van der Waals surface area (Å²) >= 11 is 0. The molecule has 6 heteroatoms. The second kappa shape index (κ2) is 6.76. The van der Waals surface area contributed by atoms with Gasteiger partial charge in [-0.15, -0.1) is 0 Å². The lowest BCUT2D eigenvalue weighted by molar-refractivity contribution is -0.384. The molecule has 0 saturated heterocycles. The quantitative estimate of drug-likeness (QED) is 0.476. The number of nitrogens with one attached hydrogen (secondary N) is 1. The highest BCUT2D eigenvalue weighted by atomic mass is 19.1. The summed E-state index contributed by atoms with van der Waals surface area (Å²) in [6.07, 6.45) is 0.0673. The molecule has 0 saturated carbocycles. The van der Waals surface area contributed by atoms with Gasteiger partial charge in [0, 0.05) is 24.1 Å². The fourth-order valence-electron chi connectivity index (χ4n) is 1.88. The highest BCUT2D eigenvalue weighted by Crippen LogP contribution is 2.21. The predicted molar refractivity (Wildman–Crippen MR) is 78.9 cm³/mol. The Balaban J connectivity index is 2.88. The molecule has 1 aromatic carbocycles. The number of nitro groups is 1. The first-order chi connectivity index (χ1) is 9.62. The van der Waals surface area contributed by atoms with Gasteiger partial charge in [-0.05, 0) is 32.4 Å². The maximum Gasteiger partial charge on any atom is 0.270 e. The first-order valence-corrected chi connectivity index (χ1v) is 6.84. The smallest absolute Gasteiger partial charge is 0.270 e. The second-order valence-electron chi connectivity index (χ2n) is 6.18. The zero-order chi connectivity index (χ0) is 16.2. The number of carbonyl (C=O) groups is 1.